The smallest absolute Gasteiger partial charge is 0.450 e. The molecule has 2 aliphatic rings. The van der Waals surface area contributed by atoms with Crippen molar-refractivity contribution in [2.45, 2.75) is 95.1 Å². The monoisotopic (exact) mass is 314 g/mol. The molecule has 5 nitrogen and oxygen atoms in total. The highest BCUT2D eigenvalue weighted by atomic mass is 16.6. The Kier molecular flexibility index (Phi) is 8.79. The maximum atomic E-state index is 8.56. The van der Waals surface area contributed by atoms with Crippen molar-refractivity contribution in [2.75, 3.05) is 0 Å². The summed E-state index contributed by atoms with van der Waals surface area (Å²) in [6.45, 7) is 0. The Morgan fingerprint density at radius 1 is 0.818 bits per heavy atom. The molecule has 5 heteroatoms. The zero-order valence-electron chi connectivity index (χ0n) is 13.8. The van der Waals surface area contributed by atoms with Crippen molar-refractivity contribution in [1.29, 1.82) is 0 Å². The molecule has 2 aliphatic carbocycles. The molecule has 2 saturated carbocycles. The first-order valence-electron chi connectivity index (χ1n) is 8.93. The molecule has 0 aromatic carbocycles. The fraction of sp³-hybridized carbons (Fsp3) is 0.941. The highest BCUT2D eigenvalue weighted by Crippen LogP contribution is 2.37. The fourth-order valence-electron chi connectivity index (χ4n) is 4.10. The van der Waals surface area contributed by atoms with E-state index in [2.05, 4.69) is 0 Å². The molecule has 0 saturated heterocycles. The molecule has 0 amide bonds. The average Bonchev–Trinajstić information content (AvgIpc) is 2.39. The van der Waals surface area contributed by atoms with E-state index in [9.17, 15) is 0 Å². The summed E-state index contributed by atoms with van der Waals surface area (Å²) in [4.78, 5) is 8.56. The molecule has 130 valence electrons. The summed E-state index contributed by atoms with van der Waals surface area (Å²) in [5.74, 6) is 0.686. The van der Waals surface area contributed by atoms with Gasteiger partial charge in [0.05, 0.1) is 0 Å². The maximum Gasteiger partial charge on any atom is 0.503 e. The van der Waals surface area contributed by atoms with Gasteiger partial charge in [-0.2, -0.15) is 0 Å². The second-order valence-corrected chi connectivity index (χ2v) is 7.00. The molecule has 6 N–H and O–H groups in total. The van der Waals surface area contributed by atoms with Gasteiger partial charge in [0.1, 0.15) is 0 Å². The second kappa shape index (κ2) is 10.1. The van der Waals surface area contributed by atoms with Crippen LogP contribution in [0.1, 0.15) is 83.5 Å². The lowest BCUT2D eigenvalue weighted by molar-refractivity contribution is 0.137. The van der Waals surface area contributed by atoms with Crippen LogP contribution in [0.25, 0.3) is 0 Å². The summed E-state index contributed by atoms with van der Waals surface area (Å²) >= 11 is 0. The van der Waals surface area contributed by atoms with Gasteiger partial charge in [-0.15, -0.1) is 0 Å². The van der Waals surface area contributed by atoms with Crippen LogP contribution in [0.15, 0.2) is 0 Å². The molecule has 0 aromatic rings. The first kappa shape index (κ1) is 19.2. The van der Waals surface area contributed by atoms with Gasteiger partial charge in [0.25, 0.3) is 0 Å². The molecule has 2 unspecified atom stereocenters. The van der Waals surface area contributed by atoms with Crippen molar-refractivity contribution in [1.82, 2.24) is 0 Å². The van der Waals surface area contributed by atoms with Gasteiger partial charge in [0.15, 0.2) is 0 Å². The van der Waals surface area contributed by atoms with Crippen molar-refractivity contribution in [3.63, 3.8) is 0 Å². The lowest BCUT2D eigenvalue weighted by Gasteiger charge is -2.44. The van der Waals surface area contributed by atoms with E-state index in [1.807, 2.05) is 0 Å². The summed E-state index contributed by atoms with van der Waals surface area (Å²) in [6, 6.07) is 0.238. The largest absolute Gasteiger partial charge is 0.503 e. The van der Waals surface area contributed by atoms with Crippen LogP contribution in [0, 0.1) is 5.92 Å². The lowest BCUT2D eigenvalue weighted by atomic mass is 9.68. The summed E-state index contributed by atoms with van der Waals surface area (Å²) in [5, 5.41) is 13.9. The first-order chi connectivity index (χ1) is 10.5. The van der Waals surface area contributed by atoms with E-state index in [0.717, 1.165) is 6.42 Å². The van der Waals surface area contributed by atoms with Crippen LogP contribution in [-0.4, -0.2) is 27.9 Å². The number of rotatable bonds is 1. The molecule has 0 bridgehead atoms. The number of nitrogens with two attached hydrogens (primary N) is 2. The highest BCUT2D eigenvalue weighted by Gasteiger charge is 2.39. The van der Waals surface area contributed by atoms with Crippen LogP contribution < -0.4 is 11.5 Å². The summed E-state index contributed by atoms with van der Waals surface area (Å²) < 4.78 is 0. The molecule has 0 radical (unpaired) electrons. The zero-order valence-corrected chi connectivity index (χ0v) is 13.8. The Labute approximate surface area is 134 Å². The Morgan fingerprint density at radius 2 is 1.23 bits per heavy atom. The minimum Gasteiger partial charge on any atom is -0.450 e. The molecular formula is C17H34N2O3. The molecule has 0 heterocycles. The van der Waals surface area contributed by atoms with Gasteiger partial charge >= 0.3 is 6.16 Å². The molecule has 22 heavy (non-hydrogen) atoms. The minimum atomic E-state index is -1.83. The molecule has 2 rings (SSSR count). The quantitative estimate of drug-likeness (QED) is 0.586. The minimum absolute atomic E-state index is 0.0578. The Hall–Kier alpha value is -0.810. The summed E-state index contributed by atoms with van der Waals surface area (Å²) in [6.07, 6.45) is 15.4. The van der Waals surface area contributed by atoms with Gasteiger partial charge in [-0.3, -0.25) is 0 Å². The molecule has 0 spiro atoms. The normalized spacial score (nSPS) is 31.6. The van der Waals surface area contributed by atoms with Crippen molar-refractivity contribution < 1.29 is 15.0 Å². The van der Waals surface area contributed by atoms with Crippen LogP contribution in [0.2, 0.25) is 0 Å². The zero-order chi connectivity index (χ0) is 16.4. The Morgan fingerprint density at radius 3 is 1.77 bits per heavy atom. The van der Waals surface area contributed by atoms with Gasteiger partial charge < -0.3 is 21.7 Å². The van der Waals surface area contributed by atoms with E-state index in [0.29, 0.717) is 5.92 Å². The molecular weight excluding hydrogens is 280 g/mol. The average molecular weight is 314 g/mol. The number of carbonyl (C=O) groups is 1. The second-order valence-electron chi connectivity index (χ2n) is 7.00. The van der Waals surface area contributed by atoms with Crippen molar-refractivity contribution in [2.24, 2.45) is 17.4 Å². The Bertz CT molecular complexity index is 313. The van der Waals surface area contributed by atoms with Crippen molar-refractivity contribution in [3.8, 4) is 0 Å². The molecule has 0 aromatic heterocycles. The first-order valence-corrected chi connectivity index (χ1v) is 8.93. The third-order valence-corrected chi connectivity index (χ3v) is 5.43. The van der Waals surface area contributed by atoms with E-state index in [4.69, 9.17) is 26.5 Å². The van der Waals surface area contributed by atoms with E-state index in [-0.39, 0.29) is 11.6 Å². The Balaban J connectivity index is 0.000000541. The van der Waals surface area contributed by atoms with Crippen molar-refractivity contribution >= 4 is 6.16 Å². The van der Waals surface area contributed by atoms with Crippen LogP contribution in [0.5, 0.6) is 0 Å². The van der Waals surface area contributed by atoms with E-state index < -0.39 is 6.16 Å². The predicted octanol–water partition coefficient (Wildman–Crippen LogP) is 3.95. The summed E-state index contributed by atoms with van der Waals surface area (Å²) in [7, 11) is 0. The van der Waals surface area contributed by atoms with Gasteiger partial charge in [-0.05, 0) is 31.6 Å². The predicted molar refractivity (Wildman–Crippen MR) is 89.1 cm³/mol. The van der Waals surface area contributed by atoms with Crippen LogP contribution in [-0.2, 0) is 0 Å². The number of carboxylic acid groups (broad SMARTS) is 2. The topological polar surface area (TPSA) is 110 Å². The fourth-order valence-corrected chi connectivity index (χ4v) is 4.10. The van der Waals surface area contributed by atoms with E-state index in [1.54, 1.807) is 0 Å². The van der Waals surface area contributed by atoms with E-state index in [1.165, 1.54) is 77.0 Å². The maximum absolute atomic E-state index is 8.56. The molecule has 0 aliphatic heterocycles. The van der Waals surface area contributed by atoms with Crippen LogP contribution >= 0.6 is 0 Å². The number of hydrogen-bond acceptors (Lipinski definition) is 3. The summed E-state index contributed by atoms with van der Waals surface area (Å²) in [5.41, 5.74) is 13.3. The van der Waals surface area contributed by atoms with Gasteiger partial charge in [-0.1, -0.05) is 57.8 Å². The van der Waals surface area contributed by atoms with Gasteiger partial charge in [0.2, 0.25) is 0 Å². The van der Waals surface area contributed by atoms with Crippen LogP contribution in [0.4, 0.5) is 4.79 Å². The molecule has 2 fully saturated rings. The van der Waals surface area contributed by atoms with E-state index >= 15 is 0 Å². The van der Waals surface area contributed by atoms with Crippen LogP contribution in [0.3, 0.4) is 0 Å². The third kappa shape index (κ3) is 6.53. The van der Waals surface area contributed by atoms with Crippen molar-refractivity contribution in [3.05, 3.63) is 0 Å². The number of hydrogen-bond donors (Lipinski definition) is 4. The highest BCUT2D eigenvalue weighted by molar-refractivity contribution is 5.53. The van der Waals surface area contributed by atoms with Gasteiger partial charge in [-0.25, -0.2) is 4.79 Å². The third-order valence-electron chi connectivity index (χ3n) is 5.43. The SMILES string of the molecule is NC1CCCCCCC1(N)C1CCCCCCC1.O=C(O)O. The molecule has 2 atom stereocenters. The standard InChI is InChI=1S/C16H32N2.CH2O3/c17-15-12-8-4-5-9-13-16(15,18)14-10-6-2-1-3-7-11-14;2-1(3)4/h14-15H,1-13,17-18H2;(H2,2,3,4). The van der Waals surface area contributed by atoms with Gasteiger partial charge in [0, 0.05) is 11.6 Å². The lowest BCUT2D eigenvalue weighted by Crippen LogP contribution is -2.60.